The maximum Gasteiger partial charge on any atom is 0.0809 e. The molecule has 0 radical (unpaired) electrons. The Labute approximate surface area is 92.1 Å². The van der Waals surface area contributed by atoms with Crippen LogP contribution in [0.4, 0.5) is 0 Å². The molecule has 0 aromatic heterocycles. The smallest absolute Gasteiger partial charge is 0.0809 e. The molecule has 2 atom stereocenters. The summed E-state index contributed by atoms with van der Waals surface area (Å²) < 4.78 is 0. The average molecular weight is 207 g/mol. The third-order valence-corrected chi connectivity index (χ3v) is 2.67. The number of aliphatic hydroxyl groups is 1. The second-order valence-electron chi connectivity index (χ2n) is 4.54. The lowest BCUT2D eigenvalue weighted by Gasteiger charge is -2.19. The molecule has 0 fully saturated rings. The van der Waals surface area contributed by atoms with Crippen LogP contribution in [-0.2, 0) is 0 Å². The fraction of sp³-hybridized carbons (Fsp3) is 0.538. The summed E-state index contributed by atoms with van der Waals surface area (Å²) in [4.78, 5) is 0. The van der Waals surface area contributed by atoms with Gasteiger partial charge in [-0.05, 0) is 50.8 Å². The molecule has 0 amide bonds. The highest BCUT2D eigenvalue weighted by atomic mass is 16.3. The Hall–Kier alpha value is -0.860. The lowest BCUT2D eigenvalue weighted by atomic mass is 9.93. The topological polar surface area (TPSA) is 46.2 Å². The highest BCUT2D eigenvalue weighted by molar-refractivity contribution is 5.38. The number of hydrogen-bond donors (Lipinski definition) is 2. The van der Waals surface area contributed by atoms with Gasteiger partial charge in [0.1, 0.15) is 0 Å². The van der Waals surface area contributed by atoms with Crippen LogP contribution in [-0.4, -0.2) is 11.1 Å². The minimum Gasteiger partial charge on any atom is -0.388 e. The maximum absolute atomic E-state index is 10.1. The van der Waals surface area contributed by atoms with E-state index in [9.17, 15) is 5.11 Å². The first-order valence-corrected chi connectivity index (χ1v) is 5.43. The van der Waals surface area contributed by atoms with Crippen molar-refractivity contribution in [2.75, 3.05) is 0 Å². The lowest BCUT2D eigenvalue weighted by Crippen LogP contribution is -2.19. The second-order valence-corrected chi connectivity index (χ2v) is 4.54. The largest absolute Gasteiger partial charge is 0.388 e. The summed E-state index contributed by atoms with van der Waals surface area (Å²) in [6.07, 6.45) is 0.177. The van der Waals surface area contributed by atoms with Crippen molar-refractivity contribution in [3.05, 3.63) is 34.4 Å². The van der Waals surface area contributed by atoms with E-state index in [2.05, 4.69) is 19.1 Å². The molecule has 0 spiro atoms. The molecule has 15 heavy (non-hydrogen) atoms. The van der Waals surface area contributed by atoms with Crippen molar-refractivity contribution in [1.29, 1.82) is 0 Å². The van der Waals surface area contributed by atoms with Gasteiger partial charge in [-0.2, -0.15) is 0 Å². The molecule has 1 aromatic rings. The van der Waals surface area contributed by atoms with Gasteiger partial charge in [0.25, 0.3) is 0 Å². The molecule has 1 aromatic carbocycles. The van der Waals surface area contributed by atoms with Crippen molar-refractivity contribution < 1.29 is 5.11 Å². The summed E-state index contributed by atoms with van der Waals surface area (Å²) in [5.74, 6) is 0. The van der Waals surface area contributed by atoms with Crippen LogP contribution in [0.15, 0.2) is 12.1 Å². The Morgan fingerprint density at radius 2 is 1.67 bits per heavy atom. The number of rotatable bonds is 3. The summed E-state index contributed by atoms with van der Waals surface area (Å²) in [7, 11) is 0. The molecule has 0 aliphatic heterocycles. The van der Waals surface area contributed by atoms with Gasteiger partial charge in [-0.25, -0.2) is 0 Å². The predicted octanol–water partition coefficient (Wildman–Crippen LogP) is 2.38. The molecule has 0 saturated carbocycles. The van der Waals surface area contributed by atoms with E-state index in [4.69, 9.17) is 5.73 Å². The standard InChI is InChI=1S/C13H21NO/c1-8-5-9(2)13(10(3)6-8)12(15)7-11(4)14/h5-6,11-12,15H,7,14H2,1-4H3. The van der Waals surface area contributed by atoms with E-state index in [0.717, 1.165) is 16.7 Å². The summed E-state index contributed by atoms with van der Waals surface area (Å²) >= 11 is 0. The summed E-state index contributed by atoms with van der Waals surface area (Å²) in [5.41, 5.74) is 10.3. The predicted molar refractivity (Wildman–Crippen MR) is 63.9 cm³/mol. The van der Waals surface area contributed by atoms with E-state index in [1.54, 1.807) is 0 Å². The normalized spacial score (nSPS) is 15.1. The van der Waals surface area contributed by atoms with E-state index in [1.165, 1.54) is 5.56 Å². The Kier molecular flexibility index (Phi) is 3.89. The molecular formula is C13H21NO. The van der Waals surface area contributed by atoms with Crippen molar-refractivity contribution in [3.8, 4) is 0 Å². The molecule has 2 heteroatoms. The first-order chi connectivity index (χ1) is 6.91. The van der Waals surface area contributed by atoms with E-state index < -0.39 is 6.10 Å². The maximum atomic E-state index is 10.1. The highest BCUT2D eigenvalue weighted by Gasteiger charge is 2.14. The number of aryl methyl sites for hydroxylation is 3. The van der Waals surface area contributed by atoms with Crippen molar-refractivity contribution in [3.63, 3.8) is 0 Å². The minimum absolute atomic E-state index is 0.0279. The number of benzene rings is 1. The third kappa shape index (κ3) is 3.05. The summed E-state index contributed by atoms with van der Waals surface area (Å²) in [6.45, 7) is 8.07. The first kappa shape index (κ1) is 12.2. The monoisotopic (exact) mass is 207 g/mol. The zero-order valence-corrected chi connectivity index (χ0v) is 10.0. The van der Waals surface area contributed by atoms with Crippen molar-refractivity contribution in [2.24, 2.45) is 5.73 Å². The van der Waals surface area contributed by atoms with Crippen LogP contribution in [0.25, 0.3) is 0 Å². The van der Waals surface area contributed by atoms with E-state index in [-0.39, 0.29) is 6.04 Å². The Balaban J connectivity index is 3.03. The molecule has 0 aliphatic rings. The van der Waals surface area contributed by atoms with Crippen LogP contribution in [0.3, 0.4) is 0 Å². The van der Waals surface area contributed by atoms with Crippen LogP contribution in [0.2, 0.25) is 0 Å². The molecule has 0 bridgehead atoms. The van der Waals surface area contributed by atoms with Gasteiger partial charge in [0.2, 0.25) is 0 Å². The van der Waals surface area contributed by atoms with Gasteiger partial charge in [-0.3, -0.25) is 0 Å². The van der Waals surface area contributed by atoms with Gasteiger partial charge in [-0.1, -0.05) is 17.7 Å². The van der Waals surface area contributed by atoms with Gasteiger partial charge >= 0.3 is 0 Å². The second kappa shape index (κ2) is 4.77. The first-order valence-electron chi connectivity index (χ1n) is 5.43. The number of hydrogen-bond acceptors (Lipinski definition) is 2. The molecule has 84 valence electrons. The van der Waals surface area contributed by atoms with Crippen LogP contribution in [0, 0.1) is 20.8 Å². The average Bonchev–Trinajstić information content (AvgIpc) is 1.99. The SMILES string of the molecule is Cc1cc(C)c(C(O)CC(C)N)c(C)c1. The zero-order valence-electron chi connectivity index (χ0n) is 10.0. The van der Waals surface area contributed by atoms with Gasteiger partial charge in [-0.15, -0.1) is 0 Å². The van der Waals surface area contributed by atoms with Crippen LogP contribution < -0.4 is 5.73 Å². The minimum atomic E-state index is -0.439. The van der Waals surface area contributed by atoms with Gasteiger partial charge in [0, 0.05) is 6.04 Å². The molecule has 0 saturated heterocycles. The van der Waals surface area contributed by atoms with E-state index in [1.807, 2.05) is 20.8 Å². The third-order valence-electron chi connectivity index (χ3n) is 2.67. The molecule has 1 rings (SSSR count). The molecule has 0 heterocycles. The molecule has 0 aliphatic carbocycles. The van der Waals surface area contributed by atoms with Crippen LogP contribution in [0.5, 0.6) is 0 Å². The molecular weight excluding hydrogens is 186 g/mol. The summed E-state index contributed by atoms with van der Waals surface area (Å²) in [5, 5.41) is 10.1. The lowest BCUT2D eigenvalue weighted by molar-refractivity contribution is 0.159. The zero-order chi connectivity index (χ0) is 11.6. The fourth-order valence-electron chi connectivity index (χ4n) is 2.19. The Morgan fingerprint density at radius 1 is 1.20 bits per heavy atom. The quantitative estimate of drug-likeness (QED) is 0.799. The van der Waals surface area contributed by atoms with Crippen LogP contribution in [0.1, 0.15) is 41.7 Å². The Morgan fingerprint density at radius 3 is 2.07 bits per heavy atom. The van der Waals surface area contributed by atoms with E-state index >= 15 is 0 Å². The highest BCUT2D eigenvalue weighted by Crippen LogP contribution is 2.26. The molecule has 3 N–H and O–H groups in total. The van der Waals surface area contributed by atoms with Crippen molar-refractivity contribution in [2.45, 2.75) is 46.3 Å². The number of nitrogens with two attached hydrogens (primary N) is 1. The van der Waals surface area contributed by atoms with Crippen molar-refractivity contribution >= 4 is 0 Å². The van der Waals surface area contributed by atoms with Crippen molar-refractivity contribution in [1.82, 2.24) is 0 Å². The fourth-order valence-corrected chi connectivity index (χ4v) is 2.19. The summed E-state index contributed by atoms with van der Waals surface area (Å²) in [6, 6.07) is 4.24. The number of aliphatic hydroxyl groups excluding tert-OH is 1. The van der Waals surface area contributed by atoms with Gasteiger partial charge < -0.3 is 10.8 Å². The molecule has 2 unspecified atom stereocenters. The Bertz CT molecular complexity index is 321. The van der Waals surface area contributed by atoms with Gasteiger partial charge in [0.15, 0.2) is 0 Å². The van der Waals surface area contributed by atoms with E-state index in [0.29, 0.717) is 6.42 Å². The van der Waals surface area contributed by atoms with Gasteiger partial charge in [0.05, 0.1) is 6.10 Å². The molecule has 2 nitrogen and oxygen atoms in total. The van der Waals surface area contributed by atoms with Crippen LogP contribution >= 0.6 is 0 Å².